The van der Waals surface area contributed by atoms with E-state index in [9.17, 15) is 14.4 Å². The minimum atomic E-state index is -0.253. The molecule has 0 aliphatic heterocycles. The first-order valence-electron chi connectivity index (χ1n) is 10.9. The van der Waals surface area contributed by atoms with Crippen molar-refractivity contribution >= 4 is 29.2 Å². The Labute approximate surface area is 182 Å². The van der Waals surface area contributed by atoms with Crippen molar-refractivity contribution in [2.45, 2.75) is 51.1 Å². The van der Waals surface area contributed by atoms with Gasteiger partial charge in [0.2, 0.25) is 5.91 Å². The topological polar surface area (TPSA) is 99.3 Å². The largest absolute Gasteiger partial charge is 0.348 e. The number of carbonyl (C=O) groups excluding carboxylic acids is 3. The molecule has 4 N–H and O–H groups in total. The molecule has 162 valence electrons. The molecule has 0 unspecified atom stereocenters. The third kappa shape index (κ3) is 6.07. The molecule has 2 saturated carbocycles. The number of carbonyl (C=O) groups is 3. The zero-order valence-corrected chi connectivity index (χ0v) is 17.4. The van der Waals surface area contributed by atoms with Gasteiger partial charge < -0.3 is 21.3 Å². The third-order valence-electron chi connectivity index (χ3n) is 5.67. The van der Waals surface area contributed by atoms with E-state index in [4.69, 9.17) is 0 Å². The standard InChI is InChI=1S/C24H28N4O3/c29-22(18-8-4-10-21(14-18)28-24(31)27-19-11-12-19)25-15-16-5-3-9-20(13-16)26-23(30)17-6-1-2-7-17/h3-5,8-10,13-14,17,19H,1-2,6-7,11-12,15H2,(H,25,29)(H,26,30)(H2,27,28,31). The lowest BCUT2D eigenvalue weighted by molar-refractivity contribution is -0.119. The monoisotopic (exact) mass is 420 g/mol. The highest BCUT2D eigenvalue weighted by Crippen LogP contribution is 2.26. The summed E-state index contributed by atoms with van der Waals surface area (Å²) in [7, 11) is 0. The first kappa shape index (κ1) is 20.9. The summed E-state index contributed by atoms with van der Waals surface area (Å²) in [5.41, 5.74) is 2.68. The molecular formula is C24H28N4O3. The van der Waals surface area contributed by atoms with E-state index in [1.54, 1.807) is 24.3 Å². The van der Waals surface area contributed by atoms with Gasteiger partial charge in [0.25, 0.3) is 5.91 Å². The molecule has 4 rings (SSSR count). The highest BCUT2D eigenvalue weighted by molar-refractivity contribution is 5.97. The van der Waals surface area contributed by atoms with Crippen LogP contribution in [-0.2, 0) is 11.3 Å². The van der Waals surface area contributed by atoms with E-state index in [1.807, 2.05) is 24.3 Å². The molecule has 0 radical (unpaired) electrons. The van der Waals surface area contributed by atoms with Crippen molar-refractivity contribution in [3.63, 3.8) is 0 Å². The average Bonchev–Trinajstić information content (AvgIpc) is 3.39. The van der Waals surface area contributed by atoms with Crippen LogP contribution in [0.4, 0.5) is 16.2 Å². The molecule has 0 bridgehead atoms. The highest BCUT2D eigenvalue weighted by Gasteiger charge is 2.23. The van der Waals surface area contributed by atoms with Gasteiger partial charge in [-0.25, -0.2) is 4.79 Å². The van der Waals surface area contributed by atoms with Gasteiger partial charge in [0.05, 0.1) is 0 Å². The fourth-order valence-electron chi connectivity index (χ4n) is 3.79. The number of urea groups is 1. The number of nitrogens with one attached hydrogen (secondary N) is 4. The summed E-state index contributed by atoms with van der Waals surface area (Å²) in [4.78, 5) is 36.8. The fourth-order valence-corrected chi connectivity index (χ4v) is 3.79. The molecule has 0 atom stereocenters. The second kappa shape index (κ2) is 9.64. The quantitative estimate of drug-likeness (QED) is 0.544. The van der Waals surface area contributed by atoms with Crippen molar-refractivity contribution in [2.24, 2.45) is 5.92 Å². The van der Waals surface area contributed by atoms with Crippen molar-refractivity contribution in [1.82, 2.24) is 10.6 Å². The number of rotatable bonds is 7. The molecule has 7 heteroatoms. The highest BCUT2D eigenvalue weighted by atomic mass is 16.2. The van der Waals surface area contributed by atoms with Crippen molar-refractivity contribution in [3.05, 3.63) is 59.7 Å². The van der Waals surface area contributed by atoms with Gasteiger partial charge in [0.1, 0.15) is 0 Å². The Bertz CT molecular complexity index is 965. The van der Waals surface area contributed by atoms with E-state index in [1.165, 1.54) is 0 Å². The third-order valence-corrected chi connectivity index (χ3v) is 5.67. The van der Waals surface area contributed by atoms with E-state index >= 15 is 0 Å². The van der Waals surface area contributed by atoms with Crippen LogP contribution < -0.4 is 21.3 Å². The lowest BCUT2D eigenvalue weighted by atomic mass is 10.1. The van der Waals surface area contributed by atoms with Gasteiger partial charge in [0, 0.05) is 35.4 Å². The molecule has 2 aromatic carbocycles. The summed E-state index contributed by atoms with van der Waals surface area (Å²) >= 11 is 0. The molecule has 2 aromatic rings. The molecule has 7 nitrogen and oxygen atoms in total. The van der Waals surface area contributed by atoms with Gasteiger partial charge in [-0.05, 0) is 61.6 Å². The molecule has 31 heavy (non-hydrogen) atoms. The number of anilines is 2. The van der Waals surface area contributed by atoms with Gasteiger partial charge in [-0.15, -0.1) is 0 Å². The number of hydrogen-bond acceptors (Lipinski definition) is 3. The Balaban J connectivity index is 1.30. The van der Waals surface area contributed by atoms with Crippen molar-refractivity contribution in [2.75, 3.05) is 10.6 Å². The molecular weight excluding hydrogens is 392 g/mol. The summed E-state index contributed by atoms with van der Waals surface area (Å²) in [6.45, 7) is 0.339. The molecule has 0 aromatic heterocycles. The van der Waals surface area contributed by atoms with E-state index in [2.05, 4.69) is 21.3 Å². The maximum Gasteiger partial charge on any atom is 0.319 e. The predicted octanol–water partition coefficient (Wildman–Crippen LogP) is 4.03. The van der Waals surface area contributed by atoms with Crippen LogP contribution in [0.15, 0.2) is 48.5 Å². The molecule has 0 saturated heterocycles. The van der Waals surface area contributed by atoms with Crippen LogP contribution in [0, 0.1) is 5.92 Å². The van der Waals surface area contributed by atoms with Crippen molar-refractivity contribution in [1.29, 1.82) is 0 Å². The Morgan fingerprint density at radius 2 is 1.55 bits per heavy atom. The predicted molar refractivity (Wildman–Crippen MR) is 120 cm³/mol. The number of amides is 4. The van der Waals surface area contributed by atoms with Crippen LogP contribution in [0.5, 0.6) is 0 Å². The maximum atomic E-state index is 12.6. The van der Waals surface area contributed by atoms with Gasteiger partial charge >= 0.3 is 6.03 Å². The SMILES string of the molecule is O=C(Nc1cccc(C(=O)NCc2cccc(NC(=O)C3CCCC3)c2)c1)NC1CC1. The molecule has 0 heterocycles. The Morgan fingerprint density at radius 3 is 2.29 bits per heavy atom. The van der Waals surface area contributed by atoms with Crippen molar-refractivity contribution in [3.8, 4) is 0 Å². The molecule has 4 amide bonds. The van der Waals surface area contributed by atoms with Crippen LogP contribution in [0.2, 0.25) is 0 Å². The van der Waals surface area contributed by atoms with Gasteiger partial charge in [-0.3, -0.25) is 9.59 Å². The second-order valence-corrected chi connectivity index (χ2v) is 8.31. The summed E-state index contributed by atoms with van der Waals surface area (Å²) in [5, 5.41) is 11.5. The Kier molecular flexibility index (Phi) is 6.50. The minimum absolute atomic E-state index is 0.0775. The van der Waals surface area contributed by atoms with Crippen LogP contribution in [0.25, 0.3) is 0 Å². The fraction of sp³-hybridized carbons (Fsp3) is 0.375. The molecule has 2 aliphatic rings. The van der Waals surface area contributed by atoms with Gasteiger partial charge in [-0.2, -0.15) is 0 Å². The molecule has 2 aliphatic carbocycles. The van der Waals surface area contributed by atoms with Crippen LogP contribution in [-0.4, -0.2) is 23.9 Å². The first-order chi connectivity index (χ1) is 15.1. The zero-order valence-electron chi connectivity index (χ0n) is 17.4. The molecule has 2 fully saturated rings. The Morgan fingerprint density at radius 1 is 0.839 bits per heavy atom. The van der Waals surface area contributed by atoms with Crippen LogP contribution >= 0.6 is 0 Å². The minimum Gasteiger partial charge on any atom is -0.348 e. The zero-order chi connectivity index (χ0) is 21.6. The lowest BCUT2D eigenvalue weighted by Crippen LogP contribution is -2.30. The van der Waals surface area contributed by atoms with Crippen LogP contribution in [0.1, 0.15) is 54.4 Å². The van der Waals surface area contributed by atoms with Gasteiger partial charge in [-0.1, -0.05) is 31.0 Å². The van der Waals surface area contributed by atoms with E-state index in [-0.39, 0.29) is 29.8 Å². The van der Waals surface area contributed by atoms with Crippen molar-refractivity contribution < 1.29 is 14.4 Å². The summed E-state index contributed by atoms with van der Waals surface area (Å²) in [6, 6.07) is 14.4. The van der Waals surface area contributed by atoms with E-state index < -0.39 is 0 Å². The first-order valence-corrected chi connectivity index (χ1v) is 10.9. The Hall–Kier alpha value is -3.35. The average molecular weight is 421 g/mol. The van der Waals surface area contributed by atoms with E-state index in [0.717, 1.165) is 49.8 Å². The maximum absolute atomic E-state index is 12.6. The summed E-state index contributed by atoms with van der Waals surface area (Å²) in [5.74, 6) is -0.0454. The molecule has 0 spiro atoms. The van der Waals surface area contributed by atoms with E-state index in [0.29, 0.717) is 17.8 Å². The van der Waals surface area contributed by atoms with Gasteiger partial charge in [0.15, 0.2) is 0 Å². The lowest BCUT2D eigenvalue weighted by Gasteiger charge is -2.12. The normalized spacial score (nSPS) is 15.9. The summed E-state index contributed by atoms with van der Waals surface area (Å²) < 4.78 is 0. The summed E-state index contributed by atoms with van der Waals surface area (Å²) in [6.07, 6.45) is 6.18. The van der Waals surface area contributed by atoms with Crippen LogP contribution in [0.3, 0.4) is 0 Å². The second-order valence-electron chi connectivity index (χ2n) is 8.31. The number of benzene rings is 2. The number of hydrogen-bond donors (Lipinski definition) is 4. The smallest absolute Gasteiger partial charge is 0.319 e.